The minimum absolute atomic E-state index is 0.230. The molecule has 1 aliphatic carbocycles. The molecular weight excluding hydrogens is 262 g/mol. The normalized spacial score (nSPS) is 22.3. The van der Waals surface area contributed by atoms with Crippen LogP contribution in [-0.4, -0.2) is 43.5 Å². The van der Waals surface area contributed by atoms with E-state index in [-0.39, 0.29) is 5.41 Å². The first-order chi connectivity index (χ1) is 10.2. The van der Waals surface area contributed by atoms with Crippen molar-refractivity contribution in [1.82, 2.24) is 4.90 Å². The first kappa shape index (κ1) is 14.7. The summed E-state index contributed by atoms with van der Waals surface area (Å²) >= 11 is 0. The van der Waals surface area contributed by atoms with Gasteiger partial charge < -0.3 is 4.74 Å². The highest BCUT2D eigenvalue weighted by Crippen LogP contribution is 2.42. The van der Waals surface area contributed by atoms with Crippen LogP contribution < -0.4 is 0 Å². The molecule has 1 heterocycles. The number of hydrogen-bond donors (Lipinski definition) is 0. The minimum Gasteiger partial charge on any atom is -0.379 e. The summed E-state index contributed by atoms with van der Waals surface area (Å²) in [6, 6.07) is 8.60. The maximum atomic E-state index is 13.0. The Morgan fingerprint density at radius 1 is 1.14 bits per heavy atom. The molecule has 0 amide bonds. The largest absolute Gasteiger partial charge is 0.379 e. The average molecular weight is 287 g/mol. The van der Waals surface area contributed by atoms with E-state index in [1.165, 1.54) is 24.0 Å². The van der Waals surface area contributed by atoms with Gasteiger partial charge in [-0.2, -0.15) is 0 Å². The summed E-state index contributed by atoms with van der Waals surface area (Å²) in [7, 11) is 0. The van der Waals surface area contributed by atoms with E-state index in [0.717, 1.165) is 39.1 Å². The number of ether oxygens (including phenoxy) is 1. The SMILES string of the molecule is Cc1ccc(C2(C(=O)CN3CCOCC3)CCCC2)cc1. The lowest BCUT2D eigenvalue weighted by atomic mass is 9.75. The van der Waals surface area contributed by atoms with Crippen molar-refractivity contribution >= 4 is 5.78 Å². The van der Waals surface area contributed by atoms with Gasteiger partial charge in [-0.05, 0) is 25.3 Å². The van der Waals surface area contributed by atoms with E-state index < -0.39 is 0 Å². The molecule has 0 spiro atoms. The molecule has 1 aromatic rings. The summed E-state index contributed by atoms with van der Waals surface area (Å²) in [4.78, 5) is 15.3. The van der Waals surface area contributed by atoms with Gasteiger partial charge in [0.2, 0.25) is 0 Å². The Balaban J connectivity index is 1.79. The van der Waals surface area contributed by atoms with E-state index in [0.29, 0.717) is 12.3 Å². The van der Waals surface area contributed by atoms with Crippen LogP contribution in [-0.2, 0) is 14.9 Å². The number of ketones is 1. The van der Waals surface area contributed by atoms with Gasteiger partial charge in [0.15, 0.2) is 5.78 Å². The fourth-order valence-corrected chi connectivity index (χ4v) is 3.69. The van der Waals surface area contributed by atoms with Gasteiger partial charge in [0.1, 0.15) is 0 Å². The Kier molecular flexibility index (Phi) is 4.41. The van der Waals surface area contributed by atoms with Crippen LogP contribution in [0.4, 0.5) is 0 Å². The third kappa shape index (κ3) is 3.04. The highest BCUT2D eigenvalue weighted by Gasteiger charge is 2.42. The van der Waals surface area contributed by atoms with E-state index in [9.17, 15) is 4.79 Å². The van der Waals surface area contributed by atoms with Gasteiger partial charge in [0.25, 0.3) is 0 Å². The maximum absolute atomic E-state index is 13.0. The van der Waals surface area contributed by atoms with E-state index in [1.807, 2.05) is 0 Å². The Morgan fingerprint density at radius 3 is 2.38 bits per heavy atom. The van der Waals surface area contributed by atoms with Crippen LogP contribution >= 0.6 is 0 Å². The highest BCUT2D eigenvalue weighted by molar-refractivity contribution is 5.92. The molecule has 1 aliphatic heterocycles. The van der Waals surface area contributed by atoms with E-state index >= 15 is 0 Å². The van der Waals surface area contributed by atoms with Crippen molar-refractivity contribution in [2.45, 2.75) is 38.0 Å². The van der Waals surface area contributed by atoms with Crippen molar-refractivity contribution in [2.24, 2.45) is 0 Å². The molecule has 1 saturated heterocycles. The Hall–Kier alpha value is -1.19. The second-order valence-corrected chi connectivity index (χ2v) is 6.47. The van der Waals surface area contributed by atoms with E-state index in [2.05, 4.69) is 36.1 Å². The maximum Gasteiger partial charge on any atom is 0.157 e. The molecule has 0 unspecified atom stereocenters. The van der Waals surface area contributed by atoms with Gasteiger partial charge in [-0.15, -0.1) is 0 Å². The molecule has 1 aromatic carbocycles. The summed E-state index contributed by atoms with van der Waals surface area (Å²) in [5, 5.41) is 0. The molecule has 21 heavy (non-hydrogen) atoms. The van der Waals surface area contributed by atoms with Crippen molar-refractivity contribution in [1.29, 1.82) is 0 Å². The van der Waals surface area contributed by atoms with Gasteiger partial charge >= 0.3 is 0 Å². The number of nitrogens with zero attached hydrogens (tertiary/aromatic N) is 1. The number of rotatable bonds is 4. The number of morpholine rings is 1. The number of Topliss-reactive ketones (excluding diaryl/α,β-unsaturated/α-hetero) is 1. The Bertz CT molecular complexity index is 482. The first-order valence-electron chi connectivity index (χ1n) is 8.11. The summed E-state index contributed by atoms with van der Waals surface area (Å²) in [6.45, 7) is 5.96. The zero-order valence-electron chi connectivity index (χ0n) is 12.9. The van der Waals surface area contributed by atoms with Crippen molar-refractivity contribution in [3.05, 3.63) is 35.4 Å². The number of carbonyl (C=O) groups is 1. The lowest BCUT2D eigenvalue weighted by Crippen LogP contribution is -2.45. The predicted octanol–water partition coefficient (Wildman–Crippen LogP) is 2.71. The fraction of sp³-hybridized carbons (Fsp3) is 0.611. The molecule has 0 radical (unpaired) electrons. The van der Waals surface area contributed by atoms with Crippen LogP contribution in [0.3, 0.4) is 0 Å². The topological polar surface area (TPSA) is 29.5 Å². The molecule has 3 rings (SSSR count). The van der Waals surface area contributed by atoms with Gasteiger partial charge in [0, 0.05) is 13.1 Å². The predicted molar refractivity (Wildman–Crippen MR) is 83.6 cm³/mol. The minimum atomic E-state index is -0.230. The van der Waals surface area contributed by atoms with Crippen LogP contribution in [0.25, 0.3) is 0 Å². The second kappa shape index (κ2) is 6.29. The molecule has 2 fully saturated rings. The van der Waals surface area contributed by atoms with Crippen LogP contribution in [0.15, 0.2) is 24.3 Å². The smallest absolute Gasteiger partial charge is 0.157 e. The molecule has 0 bridgehead atoms. The molecule has 1 saturated carbocycles. The third-order valence-electron chi connectivity index (χ3n) is 5.07. The monoisotopic (exact) mass is 287 g/mol. The van der Waals surface area contributed by atoms with Crippen LogP contribution in [0.2, 0.25) is 0 Å². The highest BCUT2D eigenvalue weighted by atomic mass is 16.5. The molecule has 3 nitrogen and oxygen atoms in total. The van der Waals surface area contributed by atoms with Gasteiger partial charge in [-0.25, -0.2) is 0 Å². The molecular formula is C18H25NO2. The van der Waals surface area contributed by atoms with E-state index in [1.54, 1.807) is 0 Å². The summed E-state index contributed by atoms with van der Waals surface area (Å²) in [5.74, 6) is 0.408. The van der Waals surface area contributed by atoms with Gasteiger partial charge in [-0.3, -0.25) is 9.69 Å². The summed E-state index contributed by atoms with van der Waals surface area (Å²) < 4.78 is 5.38. The summed E-state index contributed by atoms with van der Waals surface area (Å²) in [5.41, 5.74) is 2.25. The zero-order chi connectivity index (χ0) is 14.7. The zero-order valence-corrected chi connectivity index (χ0v) is 12.9. The molecule has 0 aromatic heterocycles. The van der Waals surface area contributed by atoms with Crippen LogP contribution in [0, 0.1) is 6.92 Å². The average Bonchev–Trinajstić information content (AvgIpc) is 3.00. The fourth-order valence-electron chi connectivity index (χ4n) is 3.69. The standard InChI is InChI=1S/C18H25NO2/c1-15-4-6-16(7-5-15)18(8-2-3-9-18)17(20)14-19-10-12-21-13-11-19/h4-7H,2-3,8-14H2,1H3. The molecule has 0 N–H and O–H groups in total. The lowest BCUT2D eigenvalue weighted by molar-refractivity contribution is -0.126. The first-order valence-corrected chi connectivity index (χ1v) is 8.11. The molecule has 3 heteroatoms. The Labute approximate surface area is 127 Å². The third-order valence-corrected chi connectivity index (χ3v) is 5.07. The number of carbonyl (C=O) groups excluding carboxylic acids is 1. The summed E-state index contributed by atoms with van der Waals surface area (Å²) in [6.07, 6.45) is 4.37. The number of benzene rings is 1. The van der Waals surface area contributed by atoms with Crippen molar-refractivity contribution in [2.75, 3.05) is 32.8 Å². The number of hydrogen-bond acceptors (Lipinski definition) is 3. The van der Waals surface area contributed by atoms with Crippen LogP contribution in [0.5, 0.6) is 0 Å². The van der Waals surface area contributed by atoms with Crippen molar-refractivity contribution < 1.29 is 9.53 Å². The number of aryl methyl sites for hydroxylation is 1. The molecule has 2 aliphatic rings. The Morgan fingerprint density at radius 2 is 1.76 bits per heavy atom. The molecule has 0 atom stereocenters. The van der Waals surface area contributed by atoms with Crippen molar-refractivity contribution in [3.8, 4) is 0 Å². The van der Waals surface area contributed by atoms with Gasteiger partial charge in [-0.1, -0.05) is 42.7 Å². The lowest BCUT2D eigenvalue weighted by Gasteiger charge is -2.33. The quantitative estimate of drug-likeness (QED) is 0.853. The van der Waals surface area contributed by atoms with Gasteiger partial charge in [0.05, 0.1) is 25.2 Å². The molecule has 114 valence electrons. The van der Waals surface area contributed by atoms with Crippen molar-refractivity contribution in [3.63, 3.8) is 0 Å². The van der Waals surface area contributed by atoms with E-state index in [4.69, 9.17) is 4.74 Å². The second-order valence-electron chi connectivity index (χ2n) is 6.47. The van der Waals surface area contributed by atoms with Crippen LogP contribution in [0.1, 0.15) is 36.8 Å².